The first-order valence-electron chi connectivity index (χ1n) is 4.90. The van der Waals surface area contributed by atoms with E-state index in [-0.39, 0.29) is 5.97 Å². The first kappa shape index (κ1) is 10.4. The lowest BCUT2D eigenvalue weighted by atomic mass is 10.0. The third-order valence-corrected chi connectivity index (χ3v) is 2.46. The summed E-state index contributed by atoms with van der Waals surface area (Å²) < 4.78 is 4.66. The summed E-state index contributed by atoms with van der Waals surface area (Å²) in [5.41, 5.74) is 3.65. The quantitative estimate of drug-likeness (QED) is 0.783. The van der Waals surface area contributed by atoms with Crippen molar-refractivity contribution in [3.8, 4) is 11.1 Å². The highest BCUT2D eigenvalue weighted by Crippen LogP contribution is 2.23. The maximum Gasteiger partial charge on any atom is 0.337 e. The minimum absolute atomic E-state index is 0.318. The average molecular weight is 216 g/mol. The van der Waals surface area contributed by atoms with Crippen LogP contribution in [0.25, 0.3) is 11.1 Å². The molecule has 16 heavy (non-hydrogen) atoms. The van der Waals surface area contributed by atoms with Crippen LogP contribution in [0.15, 0.2) is 30.6 Å². The van der Waals surface area contributed by atoms with Crippen LogP contribution in [0.4, 0.5) is 0 Å². The number of hydrogen-bond acceptors (Lipinski definition) is 3. The molecule has 1 N–H and O–H groups in total. The van der Waals surface area contributed by atoms with Crippen LogP contribution in [-0.4, -0.2) is 23.3 Å². The molecule has 1 heterocycles. The van der Waals surface area contributed by atoms with Crippen molar-refractivity contribution in [1.82, 2.24) is 10.2 Å². The van der Waals surface area contributed by atoms with Crippen molar-refractivity contribution in [2.45, 2.75) is 6.92 Å². The molecule has 0 amide bonds. The van der Waals surface area contributed by atoms with Gasteiger partial charge in [0.25, 0.3) is 0 Å². The van der Waals surface area contributed by atoms with Crippen molar-refractivity contribution < 1.29 is 9.53 Å². The van der Waals surface area contributed by atoms with Crippen molar-refractivity contribution in [3.63, 3.8) is 0 Å². The summed E-state index contributed by atoms with van der Waals surface area (Å²) in [6.07, 6.45) is 3.57. The van der Waals surface area contributed by atoms with Gasteiger partial charge in [0.15, 0.2) is 0 Å². The van der Waals surface area contributed by atoms with Gasteiger partial charge in [-0.15, -0.1) is 0 Å². The normalized spacial score (nSPS) is 10.1. The Morgan fingerprint density at radius 3 is 2.81 bits per heavy atom. The second-order valence-electron chi connectivity index (χ2n) is 3.51. The van der Waals surface area contributed by atoms with Crippen LogP contribution >= 0.6 is 0 Å². The van der Waals surface area contributed by atoms with Gasteiger partial charge in [-0.1, -0.05) is 6.07 Å². The number of ether oxygens (including phenoxy) is 1. The predicted molar refractivity (Wildman–Crippen MR) is 60.1 cm³/mol. The molecule has 1 aromatic carbocycles. The van der Waals surface area contributed by atoms with Gasteiger partial charge in [0.1, 0.15) is 0 Å². The van der Waals surface area contributed by atoms with Gasteiger partial charge in [-0.25, -0.2) is 4.79 Å². The molecule has 2 aromatic rings. The molecule has 4 nitrogen and oxygen atoms in total. The lowest BCUT2D eigenvalue weighted by Gasteiger charge is -2.05. The molecule has 0 atom stereocenters. The number of rotatable bonds is 2. The predicted octanol–water partition coefficient (Wildman–Crippen LogP) is 2.17. The van der Waals surface area contributed by atoms with Gasteiger partial charge in [0, 0.05) is 11.8 Å². The van der Waals surface area contributed by atoms with Crippen molar-refractivity contribution in [2.24, 2.45) is 0 Å². The molecular weight excluding hydrogens is 204 g/mol. The number of esters is 1. The maximum absolute atomic E-state index is 11.3. The molecule has 0 aliphatic carbocycles. The van der Waals surface area contributed by atoms with Crippen molar-refractivity contribution in [3.05, 3.63) is 41.7 Å². The van der Waals surface area contributed by atoms with Crippen LogP contribution in [0.5, 0.6) is 0 Å². The molecular formula is C12H12N2O2. The van der Waals surface area contributed by atoms with E-state index in [0.717, 1.165) is 16.7 Å². The van der Waals surface area contributed by atoms with Gasteiger partial charge in [-0.2, -0.15) is 5.10 Å². The number of aromatic amines is 1. The summed E-state index contributed by atoms with van der Waals surface area (Å²) in [5.74, 6) is -0.318. The Labute approximate surface area is 93.3 Å². The van der Waals surface area contributed by atoms with E-state index < -0.39 is 0 Å². The summed E-state index contributed by atoms with van der Waals surface area (Å²) in [5, 5.41) is 6.66. The molecule has 0 aliphatic rings. The van der Waals surface area contributed by atoms with Crippen LogP contribution < -0.4 is 0 Å². The molecule has 4 heteroatoms. The number of carbonyl (C=O) groups excluding carboxylic acids is 1. The highest BCUT2D eigenvalue weighted by molar-refractivity contribution is 5.90. The third-order valence-electron chi connectivity index (χ3n) is 2.46. The number of methoxy groups -OCH3 is 1. The van der Waals surface area contributed by atoms with E-state index in [0.29, 0.717) is 5.56 Å². The number of H-pyrrole nitrogens is 1. The Morgan fingerprint density at radius 2 is 2.25 bits per heavy atom. The Hall–Kier alpha value is -2.10. The minimum atomic E-state index is -0.318. The van der Waals surface area contributed by atoms with E-state index in [9.17, 15) is 4.79 Å². The van der Waals surface area contributed by atoms with Crippen molar-refractivity contribution in [2.75, 3.05) is 7.11 Å². The number of hydrogen-bond donors (Lipinski definition) is 1. The third kappa shape index (κ3) is 1.82. The zero-order valence-corrected chi connectivity index (χ0v) is 9.15. The van der Waals surface area contributed by atoms with Gasteiger partial charge in [0.05, 0.1) is 18.9 Å². The molecule has 0 saturated carbocycles. The van der Waals surface area contributed by atoms with Gasteiger partial charge >= 0.3 is 5.97 Å². The molecule has 0 unspecified atom stereocenters. The smallest absolute Gasteiger partial charge is 0.337 e. The lowest BCUT2D eigenvalue weighted by molar-refractivity contribution is 0.0600. The van der Waals surface area contributed by atoms with Crippen molar-refractivity contribution in [1.29, 1.82) is 0 Å². The van der Waals surface area contributed by atoms with Gasteiger partial charge in [-0.05, 0) is 30.2 Å². The number of nitrogens with one attached hydrogen (secondary N) is 1. The van der Waals surface area contributed by atoms with E-state index in [4.69, 9.17) is 0 Å². The second kappa shape index (κ2) is 4.18. The zero-order chi connectivity index (χ0) is 11.5. The molecule has 0 spiro atoms. The summed E-state index contributed by atoms with van der Waals surface area (Å²) in [7, 11) is 1.38. The van der Waals surface area contributed by atoms with E-state index in [1.54, 1.807) is 12.3 Å². The molecule has 1 aromatic heterocycles. The highest BCUT2D eigenvalue weighted by Gasteiger charge is 2.08. The Morgan fingerprint density at radius 1 is 1.44 bits per heavy atom. The fraction of sp³-hybridized carbons (Fsp3) is 0.167. The maximum atomic E-state index is 11.3. The first-order valence-corrected chi connectivity index (χ1v) is 4.90. The van der Waals surface area contributed by atoms with Gasteiger partial charge in [0.2, 0.25) is 0 Å². The average Bonchev–Trinajstić information content (AvgIpc) is 2.81. The number of aryl methyl sites for hydroxylation is 1. The summed E-state index contributed by atoms with van der Waals surface area (Å²) in [4.78, 5) is 11.3. The molecule has 0 aliphatic heterocycles. The molecule has 0 bridgehead atoms. The topological polar surface area (TPSA) is 55.0 Å². The summed E-state index contributed by atoms with van der Waals surface area (Å²) in [6, 6.07) is 5.46. The fourth-order valence-corrected chi connectivity index (χ4v) is 1.63. The van der Waals surface area contributed by atoms with E-state index >= 15 is 0 Å². The number of carbonyl (C=O) groups is 1. The molecule has 0 radical (unpaired) electrons. The van der Waals surface area contributed by atoms with E-state index in [1.807, 2.05) is 25.3 Å². The minimum Gasteiger partial charge on any atom is -0.465 e. The second-order valence-corrected chi connectivity index (χ2v) is 3.51. The summed E-state index contributed by atoms with van der Waals surface area (Å²) >= 11 is 0. The monoisotopic (exact) mass is 216 g/mol. The molecule has 2 rings (SSSR count). The highest BCUT2D eigenvalue weighted by atomic mass is 16.5. The van der Waals surface area contributed by atoms with Gasteiger partial charge in [-0.3, -0.25) is 5.10 Å². The Balaban J connectivity index is 2.41. The van der Waals surface area contributed by atoms with Crippen LogP contribution in [0.3, 0.4) is 0 Å². The lowest BCUT2D eigenvalue weighted by Crippen LogP contribution is -2.01. The molecule has 0 fully saturated rings. The Bertz CT molecular complexity index is 504. The fourth-order valence-electron chi connectivity index (χ4n) is 1.63. The van der Waals surface area contributed by atoms with Crippen molar-refractivity contribution >= 4 is 5.97 Å². The largest absolute Gasteiger partial charge is 0.465 e. The molecule has 0 saturated heterocycles. The first-order chi connectivity index (χ1) is 7.72. The van der Waals surface area contributed by atoms with Crippen LogP contribution in [0.1, 0.15) is 15.9 Å². The Kier molecular flexibility index (Phi) is 2.72. The van der Waals surface area contributed by atoms with Crippen LogP contribution in [-0.2, 0) is 4.74 Å². The molecule has 82 valence electrons. The van der Waals surface area contributed by atoms with Gasteiger partial charge < -0.3 is 4.74 Å². The zero-order valence-electron chi connectivity index (χ0n) is 9.15. The number of benzene rings is 1. The summed E-state index contributed by atoms with van der Waals surface area (Å²) in [6.45, 7) is 1.95. The van der Waals surface area contributed by atoms with Crippen LogP contribution in [0, 0.1) is 6.92 Å². The number of aromatic nitrogens is 2. The van der Waals surface area contributed by atoms with Crippen LogP contribution in [0.2, 0.25) is 0 Å². The standard InChI is InChI=1S/C12H12N2O2/c1-8-5-9(12(15)16-2)3-4-11(8)10-6-13-14-7-10/h3-7H,1-2H3,(H,13,14). The van der Waals surface area contributed by atoms with E-state index in [1.165, 1.54) is 7.11 Å². The van der Waals surface area contributed by atoms with E-state index in [2.05, 4.69) is 14.9 Å². The SMILES string of the molecule is COC(=O)c1ccc(-c2cn[nH]c2)c(C)c1. The number of nitrogens with zero attached hydrogens (tertiary/aromatic N) is 1.